The molecule has 140 valence electrons. The zero-order valence-electron chi connectivity index (χ0n) is 15.0. The summed E-state index contributed by atoms with van der Waals surface area (Å²) in [5, 5.41) is 6.54. The molecule has 7 nitrogen and oxygen atoms in total. The van der Waals surface area contributed by atoms with Gasteiger partial charge in [-0.15, -0.1) is 5.10 Å². The average Bonchev–Trinajstić information content (AvgIpc) is 2.97. The van der Waals surface area contributed by atoms with Crippen LogP contribution in [-0.4, -0.2) is 25.2 Å². The number of carbonyl (C=O) groups excluding carboxylic acids is 1. The summed E-state index contributed by atoms with van der Waals surface area (Å²) in [6.45, 7) is 3.47. The Hall–Kier alpha value is -3.36. The van der Waals surface area contributed by atoms with Gasteiger partial charge in [-0.3, -0.25) is 24.2 Å². The van der Waals surface area contributed by atoms with E-state index in [-0.39, 0.29) is 17.2 Å². The van der Waals surface area contributed by atoms with E-state index in [1.54, 1.807) is 14.0 Å². The lowest BCUT2D eigenvalue weighted by Gasteiger charge is -2.11. The fourth-order valence-electron chi connectivity index (χ4n) is 2.70. The van der Waals surface area contributed by atoms with Crippen molar-refractivity contribution in [3.8, 4) is 5.69 Å². The highest BCUT2D eigenvalue weighted by Gasteiger charge is 2.20. The highest BCUT2D eigenvalue weighted by Crippen LogP contribution is 2.15. The van der Waals surface area contributed by atoms with Gasteiger partial charge in [0.1, 0.15) is 23.0 Å². The number of hydrogen-bond donors (Lipinski definition) is 1. The molecule has 0 bridgehead atoms. The Balaban J connectivity index is 2.04. The number of anilines is 1. The number of rotatable bonds is 4. The Bertz CT molecular complexity index is 1090. The molecule has 3 rings (SSSR count). The molecule has 0 aliphatic carbocycles. The quantitative estimate of drug-likeness (QED) is 0.761. The molecule has 1 N–H and O–H groups in total. The number of aryl methyl sites for hydroxylation is 3. The van der Waals surface area contributed by atoms with Gasteiger partial charge in [0.2, 0.25) is 5.95 Å². The molecule has 1 aromatic carbocycles. The van der Waals surface area contributed by atoms with E-state index >= 15 is 0 Å². The molecule has 0 unspecified atom stereocenters. The van der Waals surface area contributed by atoms with Gasteiger partial charge in [0, 0.05) is 25.7 Å². The SMILES string of the molecule is CCc1nc(NC(=O)c2c(C)ccn(-c3cc(F)ccc3F)c2=O)nn1C. The third-order valence-corrected chi connectivity index (χ3v) is 4.09. The minimum atomic E-state index is -0.785. The molecule has 0 saturated carbocycles. The molecule has 2 aromatic heterocycles. The van der Waals surface area contributed by atoms with Crippen molar-refractivity contribution in [1.29, 1.82) is 0 Å². The van der Waals surface area contributed by atoms with Crippen LogP contribution >= 0.6 is 0 Å². The topological polar surface area (TPSA) is 81.8 Å². The van der Waals surface area contributed by atoms with Crippen LogP contribution in [0, 0.1) is 18.6 Å². The lowest BCUT2D eigenvalue weighted by Crippen LogP contribution is -2.30. The number of hydrogen-bond acceptors (Lipinski definition) is 4. The molecule has 0 radical (unpaired) electrons. The number of benzene rings is 1. The number of aromatic nitrogens is 4. The van der Waals surface area contributed by atoms with Gasteiger partial charge in [-0.05, 0) is 30.7 Å². The number of carbonyl (C=O) groups is 1. The third-order valence-electron chi connectivity index (χ3n) is 4.09. The third kappa shape index (κ3) is 3.48. The number of pyridine rings is 1. The van der Waals surface area contributed by atoms with Crippen LogP contribution in [0.5, 0.6) is 0 Å². The Kier molecular flexibility index (Phi) is 4.85. The predicted molar refractivity (Wildman–Crippen MR) is 95.0 cm³/mol. The molecule has 0 saturated heterocycles. The monoisotopic (exact) mass is 373 g/mol. The second-order valence-corrected chi connectivity index (χ2v) is 5.93. The van der Waals surface area contributed by atoms with Crippen molar-refractivity contribution in [2.24, 2.45) is 7.05 Å². The minimum absolute atomic E-state index is 0.0606. The fourth-order valence-corrected chi connectivity index (χ4v) is 2.70. The van der Waals surface area contributed by atoms with Crippen LogP contribution in [0.2, 0.25) is 0 Å². The minimum Gasteiger partial charge on any atom is -0.289 e. The maximum atomic E-state index is 14.1. The fraction of sp³-hybridized carbons (Fsp3) is 0.222. The summed E-state index contributed by atoms with van der Waals surface area (Å²) >= 11 is 0. The van der Waals surface area contributed by atoms with Crippen molar-refractivity contribution >= 4 is 11.9 Å². The van der Waals surface area contributed by atoms with Crippen molar-refractivity contribution in [1.82, 2.24) is 19.3 Å². The predicted octanol–water partition coefficient (Wildman–Crippen LogP) is 2.37. The summed E-state index contributed by atoms with van der Waals surface area (Å²) in [6, 6.07) is 4.23. The molecule has 9 heteroatoms. The number of halogens is 2. The van der Waals surface area contributed by atoms with Crippen LogP contribution in [0.15, 0.2) is 35.3 Å². The highest BCUT2D eigenvalue weighted by atomic mass is 19.1. The van der Waals surface area contributed by atoms with Gasteiger partial charge in [-0.25, -0.2) is 8.78 Å². The van der Waals surface area contributed by atoms with E-state index in [2.05, 4.69) is 15.4 Å². The summed E-state index contributed by atoms with van der Waals surface area (Å²) in [4.78, 5) is 29.6. The molecule has 27 heavy (non-hydrogen) atoms. The van der Waals surface area contributed by atoms with Gasteiger partial charge in [0.05, 0.1) is 5.69 Å². The Labute approximate surface area is 153 Å². The molecular formula is C18H17F2N5O2. The molecular weight excluding hydrogens is 356 g/mol. The van der Waals surface area contributed by atoms with Gasteiger partial charge in [-0.1, -0.05) is 6.92 Å². The van der Waals surface area contributed by atoms with Crippen molar-refractivity contribution in [3.05, 3.63) is 69.4 Å². The summed E-state index contributed by atoms with van der Waals surface area (Å²) in [5.74, 6) is -1.49. The first-order chi connectivity index (χ1) is 12.8. The van der Waals surface area contributed by atoms with Crippen LogP contribution in [0.1, 0.15) is 28.7 Å². The van der Waals surface area contributed by atoms with Gasteiger partial charge in [-0.2, -0.15) is 4.98 Å². The van der Waals surface area contributed by atoms with Crippen molar-refractivity contribution in [2.45, 2.75) is 20.3 Å². The van der Waals surface area contributed by atoms with Crippen molar-refractivity contribution in [2.75, 3.05) is 5.32 Å². The summed E-state index contributed by atoms with van der Waals surface area (Å²) in [6.07, 6.45) is 1.91. The maximum Gasteiger partial charge on any atom is 0.268 e. The summed E-state index contributed by atoms with van der Waals surface area (Å²) < 4.78 is 30.0. The summed E-state index contributed by atoms with van der Waals surface area (Å²) in [5.41, 5.74) is -0.870. The molecule has 0 aliphatic rings. The van der Waals surface area contributed by atoms with E-state index in [4.69, 9.17) is 0 Å². The van der Waals surface area contributed by atoms with Crippen LogP contribution in [0.25, 0.3) is 5.69 Å². The van der Waals surface area contributed by atoms with Gasteiger partial charge in [0.25, 0.3) is 11.5 Å². The van der Waals surface area contributed by atoms with E-state index < -0.39 is 23.1 Å². The highest BCUT2D eigenvalue weighted by molar-refractivity contribution is 6.04. The molecule has 3 aromatic rings. The Morgan fingerprint density at radius 1 is 1.26 bits per heavy atom. The first kappa shape index (κ1) is 18.4. The molecule has 0 atom stereocenters. The second-order valence-electron chi connectivity index (χ2n) is 5.93. The zero-order valence-corrected chi connectivity index (χ0v) is 15.0. The molecule has 0 spiro atoms. The largest absolute Gasteiger partial charge is 0.289 e. The number of amides is 1. The molecule has 0 aliphatic heterocycles. The second kappa shape index (κ2) is 7.10. The average molecular weight is 373 g/mol. The van der Waals surface area contributed by atoms with E-state index in [0.29, 0.717) is 17.8 Å². The smallest absolute Gasteiger partial charge is 0.268 e. The van der Waals surface area contributed by atoms with Crippen LogP contribution in [0.3, 0.4) is 0 Å². The van der Waals surface area contributed by atoms with E-state index in [1.807, 2.05) is 6.92 Å². The van der Waals surface area contributed by atoms with Gasteiger partial charge in [0.15, 0.2) is 0 Å². The lowest BCUT2D eigenvalue weighted by atomic mass is 10.1. The molecule has 1 amide bonds. The van der Waals surface area contributed by atoms with Crippen molar-refractivity contribution < 1.29 is 13.6 Å². The van der Waals surface area contributed by atoms with Gasteiger partial charge < -0.3 is 0 Å². The van der Waals surface area contributed by atoms with E-state index in [1.165, 1.54) is 16.9 Å². The normalized spacial score (nSPS) is 10.9. The lowest BCUT2D eigenvalue weighted by molar-refractivity contribution is 0.102. The van der Waals surface area contributed by atoms with Crippen LogP contribution < -0.4 is 10.9 Å². The molecule has 2 heterocycles. The standard InChI is InChI=1S/C18H17F2N5O2/c1-4-14-21-18(23-24(14)3)22-16(26)15-10(2)7-8-25(17(15)27)13-9-11(19)5-6-12(13)20/h5-9H,4H2,1-3H3,(H,22,23,26). The van der Waals surface area contributed by atoms with Crippen LogP contribution in [-0.2, 0) is 13.5 Å². The Morgan fingerprint density at radius 3 is 2.67 bits per heavy atom. The zero-order chi connectivity index (χ0) is 19.7. The maximum absolute atomic E-state index is 14.1. The first-order valence-electron chi connectivity index (χ1n) is 8.20. The van der Waals surface area contributed by atoms with Crippen LogP contribution in [0.4, 0.5) is 14.7 Å². The summed E-state index contributed by atoms with van der Waals surface area (Å²) in [7, 11) is 1.69. The van der Waals surface area contributed by atoms with E-state index in [9.17, 15) is 18.4 Å². The Morgan fingerprint density at radius 2 is 2.00 bits per heavy atom. The number of nitrogens with one attached hydrogen (secondary N) is 1. The molecule has 0 fully saturated rings. The number of nitrogens with zero attached hydrogens (tertiary/aromatic N) is 4. The van der Waals surface area contributed by atoms with E-state index in [0.717, 1.165) is 22.8 Å². The first-order valence-corrected chi connectivity index (χ1v) is 8.20. The van der Waals surface area contributed by atoms with Crippen molar-refractivity contribution in [3.63, 3.8) is 0 Å². The van der Waals surface area contributed by atoms with Gasteiger partial charge >= 0.3 is 0 Å².